The number of benzene rings is 5. The van der Waals surface area contributed by atoms with E-state index in [9.17, 15) is 4.79 Å². The monoisotopic (exact) mass is 506 g/mol. The van der Waals surface area contributed by atoms with E-state index in [-0.39, 0.29) is 5.78 Å². The van der Waals surface area contributed by atoms with Crippen molar-refractivity contribution in [2.45, 2.75) is 0 Å². The second-order valence-corrected chi connectivity index (χ2v) is 10.4. The molecule has 0 saturated heterocycles. The molecule has 0 aliphatic rings. The van der Waals surface area contributed by atoms with Crippen LogP contribution in [0.4, 0.5) is 5.69 Å². The minimum atomic E-state index is -0.0821. The van der Waals surface area contributed by atoms with Gasteiger partial charge in [0, 0.05) is 16.5 Å². The number of carbonyl (C=O) groups is 1. The summed E-state index contributed by atoms with van der Waals surface area (Å²) in [6.07, 6.45) is 0. The first kappa shape index (κ1) is 22.4. The van der Waals surface area contributed by atoms with Crippen LogP contribution in [-0.2, 0) is 0 Å². The van der Waals surface area contributed by atoms with Gasteiger partial charge in [0.2, 0.25) is 5.78 Å². The van der Waals surface area contributed by atoms with Gasteiger partial charge in [-0.25, -0.2) is 4.98 Å². The molecule has 0 atom stereocenters. The van der Waals surface area contributed by atoms with E-state index in [1.54, 1.807) is 0 Å². The van der Waals surface area contributed by atoms with E-state index in [0.717, 1.165) is 54.1 Å². The zero-order valence-corrected chi connectivity index (χ0v) is 21.2. The Morgan fingerprint density at radius 3 is 2.21 bits per heavy atom. The van der Waals surface area contributed by atoms with E-state index in [4.69, 9.17) is 10.7 Å². The van der Waals surface area contributed by atoms with Crippen LogP contribution >= 0.6 is 11.3 Å². The Bertz CT molecular complexity index is 2000. The highest BCUT2D eigenvalue weighted by molar-refractivity contribution is 7.21. The quantitative estimate of drug-likeness (QED) is 0.243. The Balaban J connectivity index is 1.48. The number of nitrogen functional groups attached to an aromatic ring is 1. The topological polar surface area (TPSA) is 56.0 Å². The lowest BCUT2D eigenvalue weighted by atomic mass is 9.94. The number of pyridine rings is 1. The first-order chi connectivity index (χ1) is 18.7. The van der Waals surface area contributed by atoms with Gasteiger partial charge in [-0.1, -0.05) is 109 Å². The van der Waals surface area contributed by atoms with Gasteiger partial charge < -0.3 is 5.73 Å². The number of ketones is 1. The van der Waals surface area contributed by atoms with Crippen molar-refractivity contribution >= 4 is 54.6 Å². The molecule has 0 saturated carbocycles. The average molecular weight is 507 g/mol. The fourth-order valence-electron chi connectivity index (χ4n) is 5.18. The van der Waals surface area contributed by atoms with Crippen molar-refractivity contribution in [3.05, 3.63) is 132 Å². The summed E-state index contributed by atoms with van der Waals surface area (Å²) in [5.41, 5.74) is 11.8. The van der Waals surface area contributed by atoms with Gasteiger partial charge in [-0.2, -0.15) is 0 Å². The van der Waals surface area contributed by atoms with Crippen LogP contribution in [0.15, 0.2) is 121 Å². The maximum Gasteiger partial charge on any atom is 0.205 e. The molecular formula is C34H22N2OS. The van der Waals surface area contributed by atoms with Crippen LogP contribution in [0.5, 0.6) is 0 Å². The Hall–Kier alpha value is -4.80. The summed E-state index contributed by atoms with van der Waals surface area (Å²) in [7, 11) is 0. The second kappa shape index (κ2) is 8.94. The van der Waals surface area contributed by atoms with E-state index in [0.29, 0.717) is 16.1 Å². The van der Waals surface area contributed by atoms with Gasteiger partial charge >= 0.3 is 0 Å². The minimum absolute atomic E-state index is 0.0821. The van der Waals surface area contributed by atoms with Crippen molar-refractivity contribution in [3.8, 4) is 22.4 Å². The number of fused-ring (bicyclic) bond motifs is 3. The van der Waals surface area contributed by atoms with E-state index >= 15 is 0 Å². The number of thiophene rings is 1. The normalized spacial score (nSPS) is 11.4. The molecule has 0 radical (unpaired) electrons. The number of hydrogen-bond acceptors (Lipinski definition) is 4. The van der Waals surface area contributed by atoms with Crippen LogP contribution in [0.3, 0.4) is 0 Å². The molecule has 7 aromatic rings. The standard InChI is InChI=1S/C34H22N2OS/c35-31-30-28(27-16-8-14-22-10-6-7-15-26(22)27)20-29(23-11-2-1-3-12-23)36-34(30)38-33(31)32(37)25-18-17-21-9-4-5-13-24(21)19-25/h1-20H,35H2. The summed E-state index contributed by atoms with van der Waals surface area (Å²) in [6.45, 7) is 0. The van der Waals surface area contributed by atoms with Crippen molar-refractivity contribution < 1.29 is 4.79 Å². The molecule has 7 rings (SSSR count). The minimum Gasteiger partial charge on any atom is -0.397 e. The summed E-state index contributed by atoms with van der Waals surface area (Å²) in [6, 6.07) is 40.7. The van der Waals surface area contributed by atoms with Crippen molar-refractivity contribution in [2.75, 3.05) is 5.73 Å². The summed E-state index contributed by atoms with van der Waals surface area (Å²) >= 11 is 1.37. The molecule has 180 valence electrons. The molecule has 2 N–H and O–H groups in total. The summed E-state index contributed by atoms with van der Waals surface area (Å²) in [5.74, 6) is -0.0821. The maximum absolute atomic E-state index is 13.8. The fraction of sp³-hybridized carbons (Fsp3) is 0. The molecule has 0 spiro atoms. The molecule has 2 heterocycles. The van der Waals surface area contributed by atoms with Gasteiger partial charge in [0.05, 0.1) is 11.4 Å². The lowest BCUT2D eigenvalue weighted by Crippen LogP contribution is -2.02. The van der Waals surface area contributed by atoms with Gasteiger partial charge in [-0.15, -0.1) is 11.3 Å². The molecule has 0 fully saturated rings. The van der Waals surface area contributed by atoms with Crippen LogP contribution in [-0.4, -0.2) is 10.8 Å². The van der Waals surface area contributed by atoms with Gasteiger partial charge in [0.1, 0.15) is 9.71 Å². The molecule has 4 heteroatoms. The number of anilines is 1. The van der Waals surface area contributed by atoms with Crippen LogP contribution in [0, 0.1) is 0 Å². The molecule has 2 aromatic heterocycles. The van der Waals surface area contributed by atoms with Crippen LogP contribution < -0.4 is 5.73 Å². The molecule has 0 aliphatic carbocycles. The SMILES string of the molecule is Nc1c(C(=O)c2ccc3ccccc3c2)sc2nc(-c3ccccc3)cc(-c3cccc4ccccc34)c12. The lowest BCUT2D eigenvalue weighted by molar-refractivity contribution is 0.104. The molecule has 0 unspecified atom stereocenters. The van der Waals surface area contributed by atoms with E-state index in [1.807, 2.05) is 72.8 Å². The predicted octanol–water partition coefficient (Wildman–Crippen LogP) is 8.75. The largest absolute Gasteiger partial charge is 0.397 e. The Morgan fingerprint density at radius 2 is 1.37 bits per heavy atom. The maximum atomic E-state index is 13.8. The smallest absolute Gasteiger partial charge is 0.205 e. The van der Waals surface area contributed by atoms with Crippen molar-refractivity contribution in [1.29, 1.82) is 0 Å². The van der Waals surface area contributed by atoms with E-state index < -0.39 is 0 Å². The third-order valence-electron chi connectivity index (χ3n) is 7.07. The van der Waals surface area contributed by atoms with E-state index in [1.165, 1.54) is 11.3 Å². The highest BCUT2D eigenvalue weighted by Gasteiger charge is 2.23. The van der Waals surface area contributed by atoms with E-state index in [2.05, 4.69) is 48.5 Å². The second-order valence-electron chi connectivity index (χ2n) is 9.36. The Kier molecular flexibility index (Phi) is 5.27. The number of aromatic nitrogens is 1. The van der Waals surface area contributed by atoms with Gasteiger partial charge in [0.15, 0.2) is 0 Å². The summed E-state index contributed by atoms with van der Waals surface area (Å²) < 4.78 is 0. The Labute approximate surface area is 223 Å². The number of nitrogens with zero attached hydrogens (tertiary/aromatic N) is 1. The average Bonchev–Trinajstić information content (AvgIpc) is 3.32. The van der Waals surface area contributed by atoms with Crippen LogP contribution in [0.2, 0.25) is 0 Å². The molecule has 5 aromatic carbocycles. The molecular weight excluding hydrogens is 484 g/mol. The molecule has 0 amide bonds. The van der Waals surface area contributed by atoms with Gasteiger partial charge in [0.25, 0.3) is 0 Å². The number of hydrogen-bond donors (Lipinski definition) is 1. The van der Waals surface area contributed by atoms with Crippen molar-refractivity contribution in [2.24, 2.45) is 0 Å². The van der Waals surface area contributed by atoms with Crippen LogP contribution in [0.25, 0.3) is 54.1 Å². The van der Waals surface area contributed by atoms with Crippen LogP contribution in [0.1, 0.15) is 15.2 Å². The highest BCUT2D eigenvalue weighted by atomic mass is 32.1. The highest BCUT2D eigenvalue weighted by Crippen LogP contribution is 2.43. The molecule has 3 nitrogen and oxygen atoms in total. The molecule has 0 aliphatic heterocycles. The summed E-state index contributed by atoms with van der Waals surface area (Å²) in [4.78, 5) is 20.1. The van der Waals surface area contributed by atoms with Gasteiger partial charge in [-0.3, -0.25) is 4.79 Å². The van der Waals surface area contributed by atoms with Crippen molar-refractivity contribution in [3.63, 3.8) is 0 Å². The third-order valence-corrected chi connectivity index (χ3v) is 8.16. The first-order valence-electron chi connectivity index (χ1n) is 12.5. The lowest BCUT2D eigenvalue weighted by Gasteiger charge is -2.11. The number of nitrogens with two attached hydrogens (primary N) is 1. The molecule has 38 heavy (non-hydrogen) atoms. The molecule has 0 bridgehead atoms. The zero-order valence-electron chi connectivity index (χ0n) is 20.4. The number of carbonyl (C=O) groups excluding carboxylic acids is 1. The Morgan fingerprint density at radius 1 is 0.658 bits per heavy atom. The summed E-state index contributed by atoms with van der Waals surface area (Å²) in [5, 5.41) is 5.24. The van der Waals surface area contributed by atoms with Crippen molar-refractivity contribution in [1.82, 2.24) is 4.98 Å². The first-order valence-corrected chi connectivity index (χ1v) is 13.3. The van der Waals surface area contributed by atoms with Gasteiger partial charge in [-0.05, 0) is 44.8 Å². The predicted molar refractivity (Wildman–Crippen MR) is 160 cm³/mol. The fourth-order valence-corrected chi connectivity index (χ4v) is 6.26. The number of rotatable bonds is 4. The third kappa shape index (κ3) is 3.66. The zero-order chi connectivity index (χ0) is 25.6.